The number of aryl methyl sites for hydroxylation is 2. The van der Waals surface area contributed by atoms with Gasteiger partial charge in [0.1, 0.15) is 10.6 Å². The van der Waals surface area contributed by atoms with Crippen LogP contribution in [0.2, 0.25) is 0 Å². The van der Waals surface area contributed by atoms with E-state index >= 15 is 0 Å². The predicted octanol–water partition coefficient (Wildman–Crippen LogP) is 3.27. The van der Waals surface area contributed by atoms with E-state index in [0.717, 1.165) is 27.3 Å². The number of nitrogens with zero attached hydrogens (tertiary/aromatic N) is 3. The fourth-order valence-corrected chi connectivity index (χ4v) is 3.42. The molecule has 0 saturated carbocycles. The maximum atomic E-state index is 6.00. The normalized spacial score (nSPS) is 11.2. The van der Waals surface area contributed by atoms with Crippen LogP contribution in [0, 0.1) is 6.92 Å². The fraction of sp³-hybridized carbons (Fsp3) is 0.250. The highest BCUT2D eigenvalue weighted by atomic mass is 32.1. The second kappa shape index (κ2) is 4.29. The highest BCUT2D eigenvalue weighted by Crippen LogP contribution is 2.30. The second-order valence-corrected chi connectivity index (χ2v) is 5.98. The van der Waals surface area contributed by atoms with Gasteiger partial charge in [-0.05, 0) is 19.4 Å². The molecular weight excluding hydrogens is 264 g/mol. The first-order valence-electron chi connectivity index (χ1n) is 5.66. The van der Waals surface area contributed by atoms with Crippen LogP contribution >= 0.6 is 22.7 Å². The van der Waals surface area contributed by atoms with Crippen molar-refractivity contribution in [3.05, 3.63) is 22.0 Å². The topological polar surface area (TPSA) is 64.7 Å². The molecule has 0 radical (unpaired) electrons. The van der Waals surface area contributed by atoms with Gasteiger partial charge >= 0.3 is 0 Å². The Balaban J connectivity index is 2.20. The molecule has 0 amide bonds. The summed E-state index contributed by atoms with van der Waals surface area (Å²) in [6.07, 6.45) is 0.992. The first kappa shape index (κ1) is 11.6. The Bertz CT molecular complexity index is 714. The van der Waals surface area contributed by atoms with Crippen LogP contribution in [0.4, 0.5) is 5.82 Å². The summed E-state index contributed by atoms with van der Waals surface area (Å²) in [6, 6.07) is 2.08. The zero-order valence-corrected chi connectivity index (χ0v) is 11.7. The number of nitrogen functional groups attached to an aromatic ring is 1. The molecule has 2 N–H and O–H groups in total. The number of hydrogen-bond acceptors (Lipinski definition) is 6. The quantitative estimate of drug-likeness (QED) is 0.780. The smallest absolute Gasteiger partial charge is 0.192 e. The van der Waals surface area contributed by atoms with Gasteiger partial charge in [-0.2, -0.15) is 0 Å². The number of anilines is 1. The minimum Gasteiger partial charge on any atom is -0.383 e. The summed E-state index contributed by atoms with van der Waals surface area (Å²) in [4.78, 5) is 15.5. The molecule has 3 aromatic rings. The zero-order valence-electron chi connectivity index (χ0n) is 10.1. The first-order chi connectivity index (χ1) is 8.67. The molecule has 4 nitrogen and oxygen atoms in total. The molecule has 0 unspecified atom stereocenters. The lowest BCUT2D eigenvalue weighted by molar-refractivity contribution is 1.18. The van der Waals surface area contributed by atoms with E-state index in [1.807, 2.05) is 12.3 Å². The highest BCUT2D eigenvalue weighted by molar-refractivity contribution is 7.18. The molecule has 0 saturated heterocycles. The third-order valence-electron chi connectivity index (χ3n) is 2.63. The van der Waals surface area contributed by atoms with E-state index in [9.17, 15) is 0 Å². The van der Waals surface area contributed by atoms with Crippen molar-refractivity contribution in [3.8, 4) is 10.8 Å². The van der Waals surface area contributed by atoms with E-state index in [2.05, 4.69) is 27.9 Å². The predicted molar refractivity (Wildman–Crippen MR) is 77.1 cm³/mol. The minimum atomic E-state index is 0.541. The number of thiophene rings is 1. The average molecular weight is 276 g/mol. The summed E-state index contributed by atoms with van der Waals surface area (Å²) < 4.78 is 0. The van der Waals surface area contributed by atoms with Gasteiger partial charge in [-0.15, -0.1) is 22.7 Å². The van der Waals surface area contributed by atoms with Crippen molar-refractivity contribution >= 4 is 38.7 Å². The SMILES string of the molecule is CCc1cc2c(N)nc(-c3nc(C)cs3)nc2s1. The van der Waals surface area contributed by atoms with E-state index in [1.54, 1.807) is 22.7 Å². The van der Waals surface area contributed by atoms with Gasteiger partial charge in [0, 0.05) is 16.0 Å². The maximum Gasteiger partial charge on any atom is 0.192 e. The van der Waals surface area contributed by atoms with Crippen LogP contribution in [0.25, 0.3) is 21.0 Å². The molecule has 3 aromatic heterocycles. The van der Waals surface area contributed by atoms with Crippen LogP contribution in [-0.2, 0) is 6.42 Å². The van der Waals surface area contributed by atoms with Crippen molar-refractivity contribution in [1.29, 1.82) is 0 Å². The zero-order chi connectivity index (χ0) is 12.7. The third-order valence-corrected chi connectivity index (χ3v) is 4.76. The molecule has 18 heavy (non-hydrogen) atoms. The van der Waals surface area contributed by atoms with Gasteiger partial charge < -0.3 is 5.73 Å². The molecule has 0 aliphatic heterocycles. The van der Waals surface area contributed by atoms with E-state index in [4.69, 9.17) is 5.73 Å². The maximum absolute atomic E-state index is 6.00. The van der Waals surface area contributed by atoms with Crippen molar-refractivity contribution in [2.75, 3.05) is 5.73 Å². The Morgan fingerprint density at radius 3 is 2.78 bits per heavy atom. The fourth-order valence-electron chi connectivity index (χ4n) is 1.72. The van der Waals surface area contributed by atoms with Crippen LogP contribution < -0.4 is 5.73 Å². The van der Waals surface area contributed by atoms with Gasteiger partial charge in [0.05, 0.1) is 5.39 Å². The lowest BCUT2D eigenvalue weighted by atomic mass is 10.3. The molecule has 0 spiro atoms. The number of nitrogens with two attached hydrogens (primary N) is 1. The number of fused-ring (bicyclic) bond motifs is 1. The van der Waals surface area contributed by atoms with Crippen molar-refractivity contribution < 1.29 is 0 Å². The minimum absolute atomic E-state index is 0.541. The van der Waals surface area contributed by atoms with Gasteiger partial charge in [-0.25, -0.2) is 15.0 Å². The van der Waals surface area contributed by atoms with E-state index < -0.39 is 0 Å². The summed E-state index contributed by atoms with van der Waals surface area (Å²) in [5.74, 6) is 1.17. The summed E-state index contributed by atoms with van der Waals surface area (Å²) in [6.45, 7) is 4.08. The van der Waals surface area contributed by atoms with Crippen molar-refractivity contribution in [3.63, 3.8) is 0 Å². The van der Waals surface area contributed by atoms with Crippen LogP contribution in [0.3, 0.4) is 0 Å². The van der Waals surface area contributed by atoms with Gasteiger partial charge in [-0.3, -0.25) is 0 Å². The standard InChI is InChI=1S/C12H12N4S2/c1-3-7-4-8-9(13)15-10(16-11(8)18-7)12-14-6(2)5-17-12/h4-5H,3H2,1-2H3,(H2,13,15,16). The number of aromatic nitrogens is 3. The third kappa shape index (κ3) is 1.87. The molecule has 0 atom stereocenters. The molecule has 0 fully saturated rings. The van der Waals surface area contributed by atoms with Gasteiger partial charge in [0.15, 0.2) is 10.8 Å². The Kier molecular flexibility index (Phi) is 2.76. The monoisotopic (exact) mass is 276 g/mol. The van der Waals surface area contributed by atoms with E-state index in [-0.39, 0.29) is 0 Å². The summed E-state index contributed by atoms with van der Waals surface area (Å²) >= 11 is 3.22. The number of hydrogen-bond donors (Lipinski definition) is 1. The van der Waals surface area contributed by atoms with E-state index in [1.165, 1.54) is 4.88 Å². The molecule has 3 heterocycles. The summed E-state index contributed by atoms with van der Waals surface area (Å²) in [7, 11) is 0. The van der Waals surface area contributed by atoms with Crippen molar-refractivity contribution in [2.45, 2.75) is 20.3 Å². The highest BCUT2D eigenvalue weighted by Gasteiger charge is 2.12. The Morgan fingerprint density at radius 1 is 1.28 bits per heavy atom. The molecular formula is C12H12N4S2. The second-order valence-electron chi connectivity index (χ2n) is 4.01. The van der Waals surface area contributed by atoms with Crippen LogP contribution in [0.15, 0.2) is 11.4 Å². The lowest BCUT2D eigenvalue weighted by Crippen LogP contribution is -1.95. The van der Waals surface area contributed by atoms with Gasteiger partial charge in [0.25, 0.3) is 0 Å². The Morgan fingerprint density at radius 2 is 2.11 bits per heavy atom. The lowest BCUT2D eigenvalue weighted by Gasteiger charge is -1.98. The molecule has 3 rings (SSSR count). The Hall–Kier alpha value is -1.53. The first-order valence-corrected chi connectivity index (χ1v) is 7.35. The molecule has 0 aliphatic rings. The van der Waals surface area contributed by atoms with Gasteiger partial charge in [-0.1, -0.05) is 6.92 Å². The average Bonchev–Trinajstić information content (AvgIpc) is 2.94. The van der Waals surface area contributed by atoms with Crippen LogP contribution in [-0.4, -0.2) is 15.0 Å². The van der Waals surface area contributed by atoms with E-state index in [0.29, 0.717) is 11.6 Å². The Labute approximate surface area is 113 Å². The number of thiazole rings is 1. The van der Waals surface area contributed by atoms with Crippen molar-refractivity contribution in [2.24, 2.45) is 0 Å². The molecule has 6 heteroatoms. The largest absolute Gasteiger partial charge is 0.383 e. The summed E-state index contributed by atoms with van der Waals surface area (Å²) in [5, 5.41) is 3.77. The molecule has 0 aliphatic carbocycles. The number of rotatable bonds is 2. The molecule has 0 aromatic carbocycles. The summed E-state index contributed by atoms with van der Waals surface area (Å²) in [5.41, 5.74) is 6.99. The van der Waals surface area contributed by atoms with Crippen LogP contribution in [0.1, 0.15) is 17.5 Å². The molecule has 92 valence electrons. The molecule has 0 bridgehead atoms. The van der Waals surface area contributed by atoms with Crippen molar-refractivity contribution in [1.82, 2.24) is 15.0 Å². The van der Waals surface area contributed by atoms with Gasteiger partial charge in [0.2, 0.25) is 0 Å². The van der Waals surface area contributed by atoms with Crippen LogP contribution in [0.5, 0.6) is 0 Å².